The van der Waals surface area contributed by atoms with Crippen LogP contribution in [-0.4, -0.2) is 81.5 Å². The average Bonchev–Trinajstić information content (AvgIpc) is 2.87. The molecule has 0 aromatic heterocycles. The number of carboxylic acid groups (broad SMARTS) is 1. The molecule has 0 aliphatic rings. The number of aliphatic carboxylic acids is 1. The monoisotopic (exact) mass is 502 g/mol. The predicted molar refractivity (Wildman–Crippen MR) is 128 cm³/mol. The highest BCUT2D eigenvalue weighted by Gasteiger charge is 2.30. The molecule has 0 saturated carbocycles. The quantitative estimate of drug-likeness (QED) is 0.152. The number of aliphatic hydroxyl groups is 2. The van der Waals surface area contributed by atoms with E-state index in [1.54, 1.807) is 42.5 Å². The lowest BCUT2D eigenvalue weighted by Gasteiger charge is -2.25. The molecule has 3 amide bonds. The molecule has 0 saturated heterocycles. The molecular formula is C24H30N4O8. The van der Waals surface area contributed by atoms with Gasteiger partial charge in [0, 0.05) is 12.8 Å². The number of rotatable bonds is 13. The number of phenolic OH excluding ortho intramolecular Hbond substituents is 1. The van der Waals surface area contributed by atoms with Crippen LogP contribution in [0.4, 0.5) is 0 Å². The van der Waals surface area contributed by atoms with Gasteiger partial charge >= 0.3 is 5.97 Å². The number of aromatic hydroxyl groups is 1. The summed E-state index contributed by atoms with van der Waals surface area (Å²) in [6.45, 7) is -1.51. The van der Waals surface area contributed by atoms with Crippen LogP contribution in [0.5, 0.6) is 5.75 Å². The first-order valence-corrected chi connectivity index (χ1v) is 11.1. The van der Waals surface area contributed by atoms with Gasteiger partial charge in [-0.05, 0) is 23.3 Å². The largest absolute Gasteiger partial charge is 0.508 e. The van der Waals surface area contributed by atoms with E-state index in [1.807, 2.05) is 0 Å². The van der Waals surface area contributed by atoms with Crippen molar-refractivity contribution in [2.24, 2.45) is 5.73 Å². The Bertz CT molecular complexity index is 1030. The van der Waals surface area contributed by atoms with Crippen LogP contribution in [0.25, 0.3) is 0 Å². The van der Waals surface area contributed by atoms with Crippen molar-refractivity contribution in [3.8, 4) is 5.75 Å². The van der Waals surface area contributed by atoms with Crippen molar-refractivity contribution in [1.29, 1.82) is 0 Å². The third-order valence-electron chi connectivity index (χ3n) is 5.26. The second-order valence-electron chi connectivity index (χ2n) is 8.05. The Hall–Kier alpha value is -4.00. The minimum Gasteiger partial charge on any atom is -0.508 e. The molecule has 4 unspecified atom stereocenters. The van der Waals surface area contributed by atoms with E-state index in [1.165, 1.54) is 12.1 Å². The highest BCUT2D eigenvalue weighted by Crippen LogP contribution is 2.12. The van der Waals surface area contributed by atoms with Crippen LogP contribution >= 0.6 is 0 Å². The summed E-state index contributed by atoms with van der Waals surface area (Å²) in [5, 5.41) is 44.3. The number of nitrogens with one attached hydrogen (secondary N) is 3. The average molecular weight is 503 g/mol. The molecule has 0 heterocycles. The topological polar surface area (TPSA) is 211 Å². The Morgan fingerprint density at radius 2 is 1.17 bits per heavy atom. The summed E-state index contributed by atoms with van der Waals surface area (Å²) >= 11 is 0. The van der Waals surface area contributed by atoms with E-state index >= 15 is 0 Å². The van der Waals surface area contributed by atoms with Crippen LogP contribution in [0.15, 0.2) is 54.6 Å². The van der Waals surface area contributed by atoms with E-state index in [9.17, 15) is 34.5 Å². The third-order valence-corrected chi connectivity index (χ3v) is 5.26. The van der Waals surface area contributed by atoms with E-state index in [2.05, 4.69) is 16.0 Å². The van der Waals surface area contributed by atoms with Crippen molar-refractivity contribution < 1.29 is 39.6 Å². The maximum atomic E-state index is 13.2. The third kappa shape index (κ3) is 8.65. The number of nitrogens with two attached hydrogens (primary N) is 1. The van der Waals surface area contributed by atoms with Gasteiger partial charge in [-0.2, -0.15) is 0 Å². The molecule has 2 rings (SSSR count). The molecular weight excluding hydrogens is 472 g/mol. The van der Waals surface area contributed by atoms with Crippen LogP contribution in [0.3, 0.4) is 0 Å². The molecule has 0 fully saturated rings. The number of hydrogen-bond donors (Lipinski definition) is 8. The van der Waals surface area contributed by atoms with Crippen molar-refractivity contribution in [2.75, 3.05) is 13.2 Å². The highest BCUT2D eigenvalue weighted by molar-refractivity contribution is 5.94. The van der Waals surface area contributed by atoms with Gasteiger partial charge in [-0.25, -0.2) is 4.79 Å². The molecule has 12 nitrogen and oxygen atoms in total. The second kappa shape index (κ2) is 13.8. The van der Waals surface area contributed by atoms with Gasteiger partial charge in [0.25, 0.3) is 0 Å². The minimum atomic E-state index is -1.58. The molecule has 0 aliphatic carbocycles. The van der Waals surface area contributed by atoms with E-state index in [4.69, 9.17) is 10.8 Å². The predicted octanol–water partition coefficient (Wildman–Crippen LogP) is -1.97. The summed E-state index contributed by atoms with van der Waals surface area (Å²) in [5.41, 5.74) is 6.79. The van der Waals surface area contributed by atoms with Gasteiger partial charge in [0.2, 0.25) is 17.7 Å². The molecule has 2 aromatic rings. The number of benzene rings is 2. The summed E-state index contributed by atoms with van der Waals surface area (Å²) in [5.74, 6) is -3.87. The SMILES string of the molecule is NC(CO)C(=O)NC(Cc1ccc(O)cc1)C(=O)NC(Cc1ccccc1)C(=O)NC(CO)C(=O)O. The standard InChI is InChI=1S/C24H30N4O8/c25-17(12-29)21(32)26-18(11-15-6-8-16(31)9-7-15)22(33)27-19(10-14-4-2-1-3-5-14)23(34)28-20(13-30)24(35)36/h1-9,17-20,29-31H,10-13,25H2,(H,26,32)(H,27,33)(H,28,34)(H,35,36). The summed E-state index contributed by atoms with van der Waals surface area (Å²) < 4.78 is 0. The summed E-state index contributed by atoms with van der Waals surface area (Å²) in [4.78, 5) is 49.7. The molecule has 2 aromatic carbocycles. The number of hydrogen-bond acceptors (Lipinski definition) is 8. The summed E-state index contributed by atoms with van der Waals surface area (Å²) in [7, 11) is 0. The maximum absolute atomic E-state index is 13.2. The van der Waals surface area contributed by atoms with Crippen LogP contribution in [-0.2, 0) is 32.0 Å². The first-order valence-electron chi connectivity index (χ1n) is 11.1. The molecule has 4 atom stereocenters. The summed E-state index contributed by atoms with van der Waals surface area (Å²) in [6, 6.07) is 9.18. The van der Waals surface area contributed by atoms with Gasteiger partial charge in [0.1, 0.15) is 29.9 Å². The number of carbonyl (C=O) groups is 4. The van der Waals surface area contributed by atoms with Crippen molar-refractivity contribution in [1.82, 2.24) is 16.0 Å². The Labute approximate surface area is 207 Å². The van der Waals surface area contributed by atoms with Gasteiger partial charge in [0.15, 0.2) is 0 Å². The molecule has 0 aliphatic heterocycles. The Kier molecular flexibility index (Phi) is 10.8. The Balaban J connectivity index is 2.29. The molecule has 9 N–H and O–H groups in total. The zero-order valence-electron chi connectivity index (χ0n) is 19.3. The van der Waals surface area contributed by atoms with Crippen LogP contribution in [0.1, 0.15) is 11.1 Å². The fourth-order valence-corrected chi connectivity index (χ4v) is 3.23. The first-order chi connectivity index (χ1) is 17.1. The van der Waals surface area contributed by atoms with Crippen LogP contribution < -0.4 is 21.7 Å². The van der Waals surface area contributed by atoms with Crippen molar-refractivity contribution in [2.45, 2.75) is 37.0 Å². The molecule has 0 bridgehead atoms. The van der Waals surface area contributed by atoms with Gasteiger partial charge in [-0.15, -0.1) is 0 Å². The zero-order chi connectivity index (χ0) is 26.7. The van der Waals surface area contributed by atoms with E-state index < -0.39 is 61.1 Å². The van der Waals surface area contributed by atoms with Crippen molar-refractivity contribution in [3.63, 3.8) is 0 Å². The van der Waals surface area contributed by atoms with Crippen molar-refractivity contribution >= 4 is 23.7 Å². The first kappa shape index (κ1) is 28.2. The van der Waals surface area contributed by atoms with Gasteiger partial charge in [-0.1, -0.05) is 42.5 Å². The normalized spacial score (nSPS) is 14.1. The lowest BCUT2D eigenvalue weighted by Crippen LogP contribution is -2.58. The molecule has 36 heavy (non-hydrogen) atoms. The van der Waals surface area contributed by atoms with E-state index in [0.29, 0.717) is 11.1 Å². The number of carboxylic acids is 1. The Morgan fingerprint density at radius 3 is 1.64 bits per heavy atom. The molecule has 0 spiro atoms. The van der Waals surface area contributed by atoms with E-state index in [0.717, 1.165) is 0 Å². The van der Waals surface area contributed by atoms with Crippen molar-refractivity contribution in [3.05, 3.63) is 65.7 Å². The lowest BCUT2D eigenvalue weighted by molar-refractivity contribution is -0.143. The number of amides is 3. The Morgan fingerprint density at radius 1 is 0.694 bits per heavy atom. The maximum Gasteiger partial charge on any atom is 0.328 e. The second-order valence-corrected chi connectivity index (χ2v) is 8.05. The van der Waals surface area contributed by atoms with E-state index in [-0.39, 0.29) is 18.6 Å². The molecule has 194 valence electrons. The molecule has 0 radical (unpaired) electrons. The fourth-order valence-electron chi connectivity index (χ4n) is 3.23. The summed E-state index contributed by atoms with van der Waals surface area (Å²) in [6.07, 6.45) is -0.0454. The molecule has 12 heteroatoms. The van der Waals surface area contributed by atoms with Crippen LogP contribution in [0.2, 0.25) is 0 Å². The lowest BCUT2D eigenvalue weighted by atomic mass is 10.0. The van der Waals surface area contributed by atoms with Gasteiger partial charge in [-0.3, -0.25) is 14.4 Å². The zero-order valence-corrected chi connectivity index (χ0v) is 19.3. The number of aliphatic hydroxyl groups excluding tert-OH is 2. The van der Waals surface area contributed by atoms with Gasteiger partial charge in [0.05, 0.1) is 13.2 Å². The minimum absolute atomic E-state index is 0.00236. The number of phenols is 1. The number of carbonyl (C=O) groups excluding carboxylic acids is 3. The highest BCUT2D eigenvalue weighted by atomic mass is 16.4. The van der Waals surface area contributed by atoms with Gasteiger partial charge < -0.3 is 42.1 Å². The van der Waals surface area contributed by atoms with Crippen LogP contribution in [0, 0.1) is 0 Å². The fraction of sp³-hybridized carbons (Fsp3) is 0.333. The smallest absolute Gasteiger partial charge is 0.328 e.